The van der Waals surface area contributed by atoms with Crippen LogP contribution in [0.2, 0.25) is 0 Å². The van der Waals surface area contributed by atoms with E-state index in [0.29, 0.717) is 17.6 Å². The SMILES string of the molecule is O=Cc1ccc(OCC(=O)OCC(=O)NC(=O)NC2CCCCC2)cc1. The van der Waals surface area contributed by atoms with Crippen LogP contribution < -0.4 is 15.4 Å². The number of benzene rings is 1. The van der Waals surface area contributed by atoms with E-state index < -0.39 is 24.5 Å². The molecule has 1 aliphatic carbocycles. The Bertz CT molecular complexity index is 638. The third-order valence-electron chi connectivity index (χ3n) is 3.93. The van der Waals surface area contributed by atoms with Gasteiger partial charge in [-0.2, -0.15) is 0 Å². The Hall–Kier alpha value is -2.90. The summed E-state index contributed by atoms with van der Waals surface area (Å²) in [4.78, 5) is 45.4. The molecule has 8 nitrogen and oxygen atoms in total. The fourth-order valence-corrected chi connectivity index (χ4v) is 2.60. The van der Waals surface area contributed by atoms with Crippen molar-refractivity contribution in [2.45, 2.75) is 38.1 Å². The lowest BCUT2D eigenvalue weighted by atomic mass is 9.96. The van der Waals surface area contributed by atoms with E-state index in [2.05, 4.69) is 10.6 Å². The second-order valence-corrected chi connectivity index (χ2v) is 5.99. The summed E-state index contributed by atoms with van der Waals surface area (Å²) < 4.78 is 9.93. The third-order valence-corrected chi connectivity index (χ3v) is 3.93. The minimum Gasteiger partial charge on any atom is -0.482 e. The molecule has 1 fully saturated rings. The Morgan fingerprint density at radius 3 is 2.38 bits per heavy atom. The fourth-order valence-electron chi connectivity index (χ4n) is 2.60. The first-order valence-electron chi connectivity index (χ1n) is 8.51. The molecule has 0 saturated heterocycles. The lowest BCUT2D eigenvalue weighted by Gasteiger charge is -2.22. The summed E-state index contributed by atoms with van der Waals surface area (Å²) >= 11 is 0. The number of urea groups is 1. The van der Waals surface area contributed by atoms with Gasteiger partial charge in [0.2, 0.25) is 0 Å². The molecule has 0 aromatic heterocycles. The van der Waals surface area contributed by atoms with E-state index in [-0.39, 0.29) is 12.6 Å². The minimum atomic E-state index is -0.743. The predicted molar refractivity (Wildman–Crippen MR) is 91.8 cm³/mol. The molecule has 0 bridgehead atoms. The molecule has 1 aliphatic rings. The highest BCUT2D eigenvalue weighted by Crippen LogP contribution is 2.17. The second kappa shape index (κ2) is 10.2. The summed E-state index contributed by atoms with van der Waals surface area (Å²) in [5.74, 6) is -1.06. The maximum absolute atomic E-state index is 11.7. The molecule has 3 amide bonds. The number of ether oxygens (including phenoxy) is 2. The summed E-state index contributed by atoms with van der Waals surface area (Å²) in [6.07, 6.45) is 5.80. The number of carbonyl (C=O) groups excluding carboxylic acids is 4. The van der Waals surface area contributed by atoms with Crippen molar-refractivity contribution in [2.75, 3.05) is 13.2 Å². The van der Waals surface area contributed by atoms with Crippen LogP contribution in [0.3, 0.4) is 0 Å². The van der Waals surface area contributed by atoms with E-state index >= 15 is 0 Å². The van der Waals surface area contributed by atoms with Crippen molar-refractivity contribution in [3.63, 3.8) is 0 Å². The normalized spacial score (nSPS) is 14.2. The molecule has 0 radical (unpaired) electrons. The van der Waals surface area contributed by atoms with Crippen LogP contribution >= 0.6 is 0 Å². The first kappa shape index (κ1) is 19.4. The molecular weight excluding hydrogens is 340 g/mol. The van der Waals surface area contributed by atoms with Crippen molar-refractivity contribution in [1.29, 1.82) is 0 Å². The highest BCUT2D eigenvalue weighted by molar-refractivity contribution is 5.95. The Morgan fingerprint density at radius 1 is 1.04 bits per heavy atom. The summed E-state index contributed by atoms with van der Waals surface area (Å²) in [5, 5.41) is 4.86. The van der Waals surface area contributed by atoms with Crippen LogP contribution in [0.1, 0.15) is 42.5 Å². The second-order valence-electron chi connectivity index (χ2n) is 5.99. The lowest BCUT2D eigenvalue weighted by molar-refractivity contribution is -0.150. The standard InChI is InChI=1S/C18H22N2O6/c21-10-13-6-8-15(9-7-13)25-12-17(23)26-11-16(22)20-18(24)19-14-4-2-1-3-5-14/h6-10,14H,1-5,11-12H2,(H2,19,20,22,24). The van der Waals surface area contributed by atoms with E-state index in [1.165, 1.54) is 0 Å². The van der Waals surface area contributed by atoms with Gasteiger partial charge in [0.25, 0.3) is 5.91 Å². The fraction of sp³-hybridized carbons (Fsp3) is 0.444. The van der Waals surface area contributed by atoms with Crippen molar-refractivity contribution in [2.24, 2.45) is 0 Å². The van der Waals surface area contributed by atoms with Crippen LogP contribution in [0, 0.1) is 0 Å². The number of imide groups is 1. The van der Waals surface area contributed by atoms with E-state index in [4.69, 9.17) is 9.47 Å². The number of rotatable bonds is 7. The van der Waals surface area contributed by atoms with Crippen LogP contribution in [0.25, 0.3) is 0 Å². The molecular formula is C18H22N2O6. The van der Waals surface area contributed by atoms with Gasteiger partial charge in [-0.15, -0.1) is 0 Å². The third kappa shape index (κ3) is 6.92. The molecule has 0 aliphatic heterocycles. The van der Waals surface area contributed by atoms with Gasteiger partial charge >= 0.3 is 12.0 Å². The molecule has 26 heavy (non-hydrogen) atoms. The Morgan fingerprint density at radius 2 is 1.73 bits per heavy atom. The molecule has 0 unspecified atom stereocenters. The first-order chi connectivity index (χ1) is 12.6. The van der Waals surface area contributed by atoms with Crippen molar-refractivity contribution < 1.29 is 28.7 Å². The molecule has 0 heterocycles. The van der Waals surface area contributed by atoms with Gasteiger partial charge in [-0.3, -0.25) is 14.9 Å². The molecule has 1 saturated carbocycles. The number of amides is 3. The highest BCUT2D eigenvalue weighted by atomic mass is 16.6. The maximum Gasteiger partial charge on any atom is 0.344 e. The van der Waals surface area contributed by atoms with E-state index in [1.807, 2.05) is 0 Å². The van der Waals surface area contributed by atoms with Gasteiger partial charge in [-0.05, 0) is 37.1 Å². The Balaban J connectivity index is 1.61. The average Bonchev–Trinajstić information content (AvgIpc) is 2.65. The molecule has 1 aromatic rings. The number of hydrogen-bond donors (Lipinski definition) is 2. The molecule has 0 atom stereocenters. The van der Waals surface area contributed by atoms with Gasteiger partial charge in [-0.25, -0.2) is 9.59 Å². The Labute approximate surface area is 151 Å². The van der Waals surface area contributed by atoms with Crippen molar-refractivity contribution >= 4 is 24.2 Å². The van der Waals surface area contributed by atoms with E-state index in [0.717, 1.165) is 32.1 Å². The van der Waals surface area contributed by atoms with Gasteiger partial charge in [0.15, 0.2) is 13.2 Å². The van der Waals surface area contributed by atoms with E-state index in [9.17, 15) is 19.2 Å². The van der Waals surface area contributed by atoms with Gasteiger partial charge in [0, 0.05) is 11.6 Å². The zero-order valence-electron chi connectivity index (χ0n) is 14.4. The number of esters is 1. The quantitative estimate of drug-likeness (QED) is 0.563. The van der Waals surface area contributed by atoms with Crippen LogP contribution in [0.15, 0.2) is 24.3 Å². The van der Waals surface area contributed by atoms with Gasteiger partial charge in [-0.1, -0.05) is 19.3 Å². The molecule has 8 heteroatoms. The number of hydrogen-bond acceptors (Lipinski definition) is 6. The minimum absolute atomic E-state index is 0.0816. The summed E-state index contributed by atoms with van der Waals surface area (Å²) in [5.41, 5.74) is 0.489. The van der Waals surface area contributed by atoms with Crippen molar-refractivity contribution in [3.05, 3.63) is 29.8 Å². The van der Waals surface area contributed by atoms with Crippen molar-refractivity contribution in [3.8, 4) is 5.75 Å². The monoisotopic (exact) mass is 362 g/mol. The molecule has 2 rings (SSSR count). The number of carbonyl (C=O) groups is 4. The summed E-state index contributed by atoms with van der Waals surface area (Å²) in [6.45, 7) is -0.952. The van der Waals surface area contributed by atoms with Crippen LogP contribution in [0.4, 0.5) is 4.79 Å². The average molecular weight is 362 g/mol. The van der Waals surface area contributed by atoms with Crippen LogP contribution in [-0.4, -0.2) is 43.4 Å². The highest BCUT2D eigenvalue weighted by Gasteiger charge is 2.17. The zero-order valence-corrected chi connectivity index (χ0v) is 14.4. The molecule has 0 spiro atoms. The topological polar surface area (TPSA) is 111 Å². The van der Waals surface area contributed by atoms with Gasteiger partial charge < -0.3 is 14.8 Å². The number of nitrogens with one attached hydrogen (secondary N) is 2. The largest absolute Gasteiger partial charge is 0.482 e. The van der Waals surface area contributed by atoms with Crippen molar-refractivity contribution in [1.82, 2.24) is 10.6 Å². The van der Waals surface area contributed by atoms with Gasteiger partial charge in [0.05, 0.1) is 0 Å². The summed E-state index contributed by atoms with van der Waals surface area (Å²) in [6, 6.07) is 5.68. The lowest BCUT2D eigenvalue weighted by Crippen LogP contribution is -2.46. The first-order valence-corrected chi connectivity index (χ1v) is 8.51. The maximum atomic E-state index is 11.7. The smallest absolute Gasteiger partial charge is 0.344 e. The van der Waals surface area contributed by atoms with E-state index in [1.54, 1.807) is 24.3 Å². The number of aldehydes is 1. The summed E-state index contributed by atoms with van der Waals surface area (Å²) in [7, 11) is 0. The van der Waals surface area contributed by atoms with Crippen LogP contribution in [0.5, 0.6) is 5.75 Å². The zero-order chi connectivity index (χ0) is 18.8. The molecule has 1 aromatic carbocycles. The van der Waals surface area contributed by atoms with Gasteiger partial charge in [0.1, 0.15) is 12.0 Å². The molecule has 140 valence electrons. The molecule has 2 N–H and O–H groups in total. The predicted octanol–water partition coefficient (Wildman–Crippen LogP) is 1.58. The van der Waals surface area contributed by atoms with Crippen LogP contribution in [-0.2, 0) is 14.3 Å². The Kier molecular flexibility index (Phi) is 7.60.